The Bertz CT molecular complexity index is 395. The highest BCUT2D eigenvalue weighted by molar-refractivity contribution is 5.93. The summed E-state index contributed by atoms with van der Waals surface area (Å²) >= 11 is 0. The standard InChI is InChI=1S/C13H19N3O3/c17-12(18)6-4-2-1-3-5-8-14-13(19)11-7-9-15-16-10-11/h7,9-10H,1-6,8H2,(H,14,19)(H,17,18). The fraction of sp³-hybridized carbons (Fsp3) is 0.538. The van der Waals surface area contributed by atoms with Crippen molar-refractivity contribution in [3.63, 3.8) is 0 Å². The van der Waals surface area contributed by atoms with Gasteiger partial charge in [0.25, 0.3) is 5.91 Å². The molecule has 0 saturated carbocycles. The first-order chi connectivity index (χ1) is 9.20. The smallest absolute Gasteiger partial charge is 0.303 e. The summed E-state index contributed by atoms with van der Waals surface area (Å²) in [6.45, 7) is 0.625. The molecule has 0 aliphatic heterocycles. The molecule has 1 rings (SSSR count). The van der Waals surface area contributed by atoms with Gasteiger partial charge in [-0.1, -0.05) is 19.3 Å². The lowest BCUT2D eigenvalue weighted by atomic mass is 10.1. The van der Waals surface area contributed by atoms with E-state index in [0.29, 0.717) is 12.1 Å². The fourth-order valence-corrected chi connectivity index (χ4v) is 1.66. The highest BCUT2D eigenvalue weighted by Gasteiger charge is 2.03. The van der Waals surface area contributed by atoms with Gasteiger partial charge in [-0.3, -0.25) is 9.59 Å². The van der Waals surface area contributed by atoms with Crippen molar-refractivity contribution >= 4 is 11.9 Å². The molecule has 0 unspecified atom stereocenters. The number of carboxylic acid groups (broad SMARTS) is 1. The van der Waals surface area contributed by atoms with Gasteiger partial charge in [0.05, 0.1) is 18.0 Å². The van der Waals surface area contributed by atoms with Gasteiger partial charge in [0.1, 0.15) is 0 Å². The minimum Gasteiger partial charge on any atom is -0.481 e. The zero-order chi connectivity index (χ0) is 13.9. The monoisotopic (exact) mass is 265 g/mol. The number of nitrogens with zero attached hydrogens (tertiary/aromatic N) is 2. The van der Waals surface area contributed by atoms with E-state index < -0.39 is 5.97 Å². The van der Waals surface area contributed by atoms with Gasteiger partial charge in [0.2, 0.25) is 0 Å². The Labute approximate surface area is 112 Å². The molecule has 0 aliphatic rings. The van der Waals surface area contributed by atoms with Gasteiger partial charge in [-0.2, -0.15) is 10.2 Å². The number of carbonyl (C=O) groups is 2. The third kappa shape index (κ3) is 7.13. The van der Waals surface area contributed by atoms with Crippen LogP contribution in [-0.2, 0) is 4.79 Å². The van der Waals surface area contributed by atoms with E-state index in [1.165, 1.54) is 12.4 Å². The molecule has 0 bridgehead atoms. The van der Waals surface area contributed by atoms with Crippen LogP contribution in [0.2, 0.25) is 0 Å². The van der Waals surface area contributed by atoms with Crippen molar-refractivity contribution in [1.29, 1.82) is 0 Å². The molecule has 1 aromatic heterocycles. The van der Waals surface area contributed by atoms with Crippen molar-refractivity contribution in [1.82, 2.24) is 15.5 Å². The maximum absolute atomic E-state index is 11.6. The lowest BCUT2D eigenvalue weighted by Gasteiger charge is -2.04. The van der Waals surface area contributed by atoms with Crippen molar-refractivity contribution in [2.45, 2.75) is 38.5 Å². The molecule has 0 radical (unpaired) electrons. The Morgan fingerprint density at radius 1 is 1.11 bits per heavy atom. The first-order valence-electron chi connectivity index (χ1n) is 6.47. The average Bonchev–Trinajstić information content (AvgIpc) is 2.42. The summed E-state index contributed by atoms with van der Waals surface area (Å²) in [5.41, 5.74) is 0.511. The second kappa shape index (κ2) is 9.02. The molecule has 6 nitrogen and oxygen atoms in total. The Balaban J connectivity index is 1.99. The molecule has 0 aromatic carbocycles. The van der Waals surface area contributed by atoms with E-state index in [0.717, 1.165) is 32.1 Å². The highest BCUT2D eigenvalue weighted by Crippen LogP contribution is 2.05. The van der Waals surface area contributed by atoms with Crippen molar-refractivity contribution in [2.75, 3.05) is 6.54 Å². The molecule has 6 heteroatoms. The summed E-state index contributed by atoms with van der Waals surface area (Å²) in [6, 6.07) is 1.62. The predicted octanol–water partition coefficient (Wildman–Crippen LogP) is 1.63. The molecule has 0 aliphatic carbocycles. The normalized spacial score (nSPS) is 10.1. The number of unbranched alkanes of at least 4 members (excludes halogenated alkanes) is 4. The van der Waals surface area contributed by atoms with Crippen LogP contribution in [0.4, 0.5) is 0 Å². The minimum absolute atomic E-state index is 0.138. The molecule has 1 aromatic rings. The van der Waals surface area contributed by atoms with Crippen LogP contribution in [0, 0.1) is 0 Å². The number of carboxylic acids is 1. The zero-order valence-electron chi connectivity index (χ0n) is 10.8. The number of hydrogen-bond donors (Lipinski definition) is 2. The molecule has 104 valence electrons. The molecular weight excluding hydrogens is 246 g/mol. The van der Waals surface area contributed by atoms with E-state index in [1.807, 2.05) is 0 Å². The molecule has 19 heavy (non-hydrogen) atoms. The van der Waals surface area contributed by atoms with Gasteiger partial charge >= 0.3 is 5.97 Å². The number of amides is 1. The molecule has 0 spiro atoms. The number of carbonyl (C=O) groups excluding carboxylic acids is 1. The van der Waals surface area contributed by atoms with Crippen molar-refractivity contribution < 1.29 is 14.7 Å². The van der Waals surface area contributed by atoms with E-state index in [2.05, 4.69) is 15.5 Å². The topological polar surface area (TPSA) is 92.2 Å². The number of hydrogen-bond acceptors (Lipinski definition) is 4. The van der Waals surface area contributed by atoms with E-state index >= 15 is 0 Å². The third-order valence-corrected chi connectivity index (χ3v) is 2.70. The summed E-state index contributed by atoms with van der Waals surface area (Å²) in [6.07, 6.45) is 7.70. The Kier molecular flexibility index (Phi) is 7.16. The van der Waals surface area contributed by atoms with Gasteiger partial charge in [0.15, 0.2) is 0 Å². The summed E-state index contributed by atoms with van der Waals surface area (Å²) in [7, 11) is 0. The predicted molar refractivity (Wildman–Crippen MR) is 69.7 cm³/mol. The van der Waals surface area contributed by atoms with Crippen LogP contribution in [0.25, 0.3) is 0 Å². The van der Waals surface area contributed by atoms with Gasteiger partial charge < -0.3 is 10.4 Å². The van der Waals surface area contributed by atoms with Crippen molar-refractivity contribution in [3.8, 4) is 0 Å². The number of rotatable bonds is 9. The lowest BCUT2D eigenvalue weighted by molar-refractivity contribution is -0.137. The van der Waals surface area contributed by atoms with Crippen LogP contribution >= 0.6 is 0 Å². The summed E-state index contributed by atoms with van der Waals surface area (Å²) in [5.74, 6) is -0.876. The molecule has 0 saturated heterocycles. The maximum atomic E-state index is 11.6. The third-order valence-electron chi connectivity index (χ3n) is 2.70. The summed E-state index contributed by atoms with van der Waals surface area (Å²) < 4.78 is 0. The van der Waals surface area contributed by atoms with Gasteiger partial charge in [-0.15, -0.1) is 0 Å². The van der Waals surface area contributed by atoms with Crippen LogP contribution in [0.1, 0.15) is 48.9 Å². The molecule has 1 amide bonds. The van der Waals surface area contributed by atoms with E-state index in [-0.39, 0.29) is 12.3 Å². The van der Waals surface area contributed by atoms with Gasteiger partial charge in [0, 0.05) is 13.0 Å². The lowest BCUT2D eigenvalue weighted by Crippen LogP contribution is -2.24. The van der Waals surface area contributed by atoms with Crippen LogP contribution in [-0.4, -0.2) is 33.7 Å². The number of aromatic nitrogens is 2. The van der Waals surface area contributed by atoms with Crippen molar-refractivity contribution in [2.24, 2.45) is 0 Å². The van der Waals surface area contributed by atoms with E-state index in [1.54, 1.807) is 6.07 Å². The Morgan fingerprint density at radius 2 is 1.84 bits per heavy atom. The summed E-state index contributed by atoms with van der Waals surface area (Å²) in [4.78, 5) is 21.9. The fourth-order valence-electron chi connectivity index (χ4n) is 1.66. The second-order valence-electron chi connectivity index (χ2n) is 4.30. The van der Waals surface area contributed by atoms with Gasteiger partial charge in [-0.25, -0.2) is 0 Å². The SMILES string of the molecule is O=C(O)CCCCCCCNC(=O)c1ccnnc1. The molecule has 0 fully saturated rings. The van der Waals surface area contributed by atoms with Gasteiger partial charge in [-0.05, 0) is 18.9 Å². The molecule has 0 atom stereocenters. The largest absolute Gasteiger partial charge is 0.481 e. The summed E-state index contributed by atoms with van der Waals surface area (Å²) in [5, 5.41) is 18.5. The molecule has 2 N–H and O–H groups in total. The van der Waals surface area contributed by atoms with E-state index in [4.69, 9.17) is 5.11 Å². The first kappa shape index (κ1) is 15.1. The molecular formula is C13H19N3O3. The van der Waals surface area contributed by atoms with Crippen molar-refractivity contribution in [3.05, 3.63) is 24.0 Å². The Morgan fingerprint density at radius 3 is 2.53 bits per heavy atom. The van der Waals surface area contributed by atoms with Crippen LogP contribution < -0.4 is 5.32 Å². The van der Waals surface area contributed by atoms with Crippen LogP contribution in [0.15, 0.2) is 18.5 Å². The van der Waals surface area contributed by atoms with Crippen LogP contribution in [0.5, 0.6) is 0 Å². The highest BCUT2D eigenvalue weighted by atomic mass is 16.4. The zero-order valence-corrected chi connectivity index (χ0v) is 10.8. The Hall–Kier alpha value is -1.98. The maximum Gasteiger partial charge on any atom is 0.303 e. The quantitative estimate of drug-likeness (QED) is 0.662. The minimum atomic E-state index is -0.738. The average molecular weight is 265 g/mol. The van der Waals surface area contributed by atoms with Crippen LogP contribution in [0.3, 0.4) is 0 Å². The first-order valence-corrected chi connectivity index (χ1v) is 6.47. The second-order valence-corrected chi connectivity index (χ2v) is 4.30. The molecule has 1 heterocycles. The number of aliphatic carboxylic acids is 1. The number of nitrogens with one attached hydrogen (secondary N) is 1. The van der Waals surface area contributed by atoms with E-state index in [9.17, 15) is 9.59 Å².